The molecule has 0 unspecified atom stereocenters. The minimum Gasteiger partial charge on any atom is -0.368 e. The first-order valence-corrected chi connectivity index (χ1v) is 5.44. The SMILES string of the molecule is CCc1nn(C)cc1Cn1c(N)n[nH]c1=S. The highest BCUT2D eigenvalue weighted by molar-refractivity contribution is 7.71. The molecule has 3 N–H and O–H groups in total. The lowest BCUT2D eigenvalue weighted by Crippen LogP contribution is -2.05. The average molecular weight is 238 g/mol. The molecule has 0 aliphatic rings. The lowest BCUT2D eigenvalue weighted by atomic mass is 10.2. The van der Waals surface area contributed by atoms with Crippen molar-refractivity contribution in [3.05, 3.63) is 22.2 Å². The van der Waals surface area contributed by atoms with Gasteiger partial charge >= 0.3 is 0 Å². The Morgan fingerprint density at radius 1 is 1.56 bits per heavy atom. The largest absolute Gasteiger partial charge is 0.368 e. The van der Waals surface area contributed by atoms with Crippen LogP contribution in [0.25, 0.3) is 0 Å². The third kappa shape index (κ3) is 1.85. The van der Waals surface area contributed by atoms with Crippen molar-refractivity contribution in [1.29, 1.82) is 0 Å². The van der Waals surface area contributed by atoms with E-state index >= 15 is 0 Å². The molecule has 0 saturated heterocycles. The van der Waals surface area contributed by atoms with Crippen LogP contribution in [-0.2, 0) is 20.0 Å². The van der Waals surface area contributed by atoms with Gasteiger partial charge in [0.05, 0.1) is 12.2 Å². The highest BCUT2D eigenvalue weighted by atomic mass is 32.1. The molecule has 0 aliphatic carbocycles. The molecule has 6 nitrogen and oxygen atoms in total. The molecule has 0 bridgehead atoms. The molecule has 2 aromatic heterocycles. The monoisotopic (exact) mass is 238 g/mol. The highest BCUT2D eigenvalue weighted by Gasteiger charge is 2.09. The van der Waals surface area contributed by atoms with E-state index in [4.69, 9.17) is 18.0 Å². The summed E-state index contributed by atoms with van der Waals surface area (Å²) in [6, 6.07) is 0. The lowest BCUT2D eigenvalue weighted by molar-refractivity contribution is 0.746. The number of anilines is 1. The van der Waals surface area contributed by atoms with E-state index in [1.807, 2.05) is 13.2 Å². The summed E-state index contributed by atoms with van der Waals surface area (Å²) in [7, 11) is 1.90. The molecule has 0 radical (unpaired) electrons. The molecule has 0 aliphatic heterocycles. The summed E-state index contributed by atoms with van der Waals surface area (Å²) in [5, 5.41) is 10.9. The van der Waals surface area contributed by atoms with Crippen molar-refractivity contribution in [2.24, 2.45) is 7.05 Å². The number of hydrogen-bond acceptors (Lipinski definition) is 4. The van der Waals surface area contributed by atoms with E-state index in [0.717, 1.165) is 17.7 Å². The van der Waals surface area contributed by atoms with E-state index in [-0.39, 0.29) is 0 Å². The second kappa shape index (κ2) is 4.09. The number of aryl methyl sites for hydroxylation is 2. The molecule has 0 saturated carbocycles. The minimum absolute atomic E-state index is 0.399. The molecule has 2 rings (SSSR count). The first-order chi connectivity index (χ1) is 7.61. The Labute approximate surface area is 98.1 Å². The number of nitrogen functional groups attached to an aromatic ring is 1. The van der Waals surface area contributed by atoms with Gasteiger partial charge < -0.3 is 5.73 Å². The van der Waals surface area contributed by atoms with Crippen LogP contribution in [0.3, 0.4) is 0 Å². The van der Waals surface area contributed by atoms with Crippen LogP contribution < -0.4 is 5.73 Å². The van der Waals surface area contributed by atoms with E-state index < -0.39 is 0 Å². The summed E-state index contributed by atoms with van der Waals surface area (Å²) < 4.78 is 4.09. The van der Waals surface area contributed by atoms with Gasteiger partial charge in [0.2, 0.25) is 5.95 Å². The van der Waals surface area contributed by atoms with Gasteiger partial charge in [0, 0.05) is 18.8 Å². The van der Waals surface area contributed by atoms with Gasteiger partial charge in [-0.3, -0.25) is 9.25 Å². The zero-order valence-electron chi connectivity index (χ0n) is 9.27. The molecule has 0 amide bonds. The number of hydrogen-bond donors (Lipinski definition) is 2. The Hall–Kier alpha value is -1.63. The number of rotatable bonds is 3. The molecule has 2 heterocycles. The fraction of sp³-hybridized carbons (Fsp3) is 0.444. The quantitative estimate of drug-likeness (QED) is 0.778. The molecule has 0 fully saturated rings. The molecule has 7 heteroatoms. The summed E-state index contributed by atoms with van der Waals surface area (Å²) in [4.78, 5) is 0. The summed E-state index contributed by atoms with van der Waals surface area (Å²) >= 11 is 5.10. The van der Waals surface area contributed by atoms with E-state index in [1.54, 1.807) is 9.25 Å². The third-order valence-corrected chi connectivity index (χ3v) is 2.75. The summed E-state index contributed by atoms with van der Waals surface area (Å²) in [6.07, 6.45) is 2.87. The normalized spacial score (nSPS) is 10.9. The van der Waals surface area contributed by atoms with E-state index in [2.05, 4.69) is 22.2 Å². The van der Waals surface area contributed by atoms with E-state index in [1.165, 1.54) is 0 Å². The second-order valence-electron chi connectivity index (χ2n) is 3.60. The Balaban J connectivity index is 2.37. The Morgan fingerprint density at radius 3 is 2.88 bits per heavy atom. The molecule has 0 atom stereocenters. The van der Waals surface area contributed by atoms with E-state index in [0.29, 0.717) is 17.3 Å². The van der Waals surface area contributed by atoms with Crippen LogP contribution in [0, 0.1) is 4.77 Å². The van der Waals surface area contributed by atoms with Crippen LogP contribution in [0.4, 0.5) is 5.95 Å². The first kappa shape index (κ1) is 10.9. The Morgan fingerprint density at radius 2 is 2.31 bits per heavy atom. The maximum Gasteiger partial charge on any atom is 0.220 e. The Bertz CT molecular complexity index is 549. The highest BCUT2D eigenvalue weighted by Crippen LogP contribution is 2.11. The number of aromatic amines is 1. The summed E-state index contributed by atoms with van der Waals surface area (Å²) in [5.74, 6) is 0.399. The van der Waals surface area contributed by atoms with Crippen molar-refractivity contribution in [2.75, 3.05) is 5.73 Å². The maximum atomic E-state index is 5.71. The number of H-pyrrole nitrogens is 1. The molecular formula is C9H14N6S. The topological polar surface area (TPSA) is 77.4 Å². The number of nitrogens with zero attached hydrogens (tertiary/aromatic N) is 4. The predicted octanol–water partition coefficient (Wildman–Crippen LogP) is 0.867. The van der Waals surface area contributed by atoms with Gasteiger partial charge in [-0.15, -0.1) is 5.10 Å². The van der Waals surface area contributed by atoms with Crippen LogP contribution in [0.2, 0.25) is 0 Å². The van der Waals surface area contributed by atoms with Crippen molar-refractivity contribution in [3.8, 4) is 0 Å². The maximum absolute atomic E-state index is 5.71. The van der Waals surface area contributed by atoms with Gasteiger partial charge in [0.1, 0.15) is 0 Å². The molecule has 16 heavy (non-hydrogen) atoms. The van der Waals surface area contributed by atoms with Crippen molar-refractivity contribution < 1.29 is 0 Å². The molecule has 2 aromatic rings. The zero-order chi connectivity index (χ0) is 11.7. The van der Waals surface area contributed by atoms with Gasteiger partial charge in [-0.2, -0.15) is 5.10 Å². The number of nitrogens with two attached hydrogens (primary N) is 1. The van der Waals surface area contributed by atoms with Gasteiger partial charge in [0.15, 0.2) is 4.77 Å². The Kier molecular flexibility index (Phi) is 2.78. The van der Waals surface area contributed by atoms with Gasteiger partial charge in [-0.1, -0.05) is 6.92 Å². The van der Waals surface area contributed by atoms with Crippen LogP contribution in [-0.4, -0.2) is 24.5 Å². The smallest absolute Gasteiger partial charge is 0.220 e. The van der Waals surface area contributed by atoms with Gasteiger partial charge in [-0.25, -0.2) is 5.10 Å². The van der Waals surface area contributed by atoms with Gasteiger partial charge in [0.25, 0.3) is 0 Å². The number of aromatic nitrogens is 5. The molecule has 0 spiro atoms. The van der Waals surface area contributed by atoms with Crippen molar-refractivity contribution in [3.63, 3.8) is 0 Å². The predicted molar refractivity (Wildman–Crippen MR) is 63.5 cm³/mol. The van der Waals surface area contributed by atoms with Gasteiger partial charge in [-0.05, 0) is 18.6 Å². The fourth-order valence-corrected chi connectivity index (χ4v) is 1.87. The third-order valence-electron chi connectivity index (χ3n) is 2.44. The van der Waals surface area contributed by atoms with Crippen LogP contribution in [0.5, 0.6) is 0 Å². The summed E-state index contributed by atoms with van der Waals surface area (Å²) in [6.45, 7) is 2.68. The second-order valence-corrected chi connectivity index (χ2v) is 3.99. The number of nitrogens with one attached hydrogen (secondary N) is 1. The zero-order valence-corrected chi connectivity index (χ0v) is 10.1. The van der Waals surface area contributed by atoms with E-state index in [9.17, 15) is 0 Å². The lowest BCUT2D eigenvalue weighted by Gasteiger charge is -2.02. The molecule has 86 valence electrons. The van der Waals surface area contributed by atoms with Crippen molar-refractivity contribution >= 4 is 18.2 Å². The minimum atomic E-state index is 0.399. The molecule has 0 aromatic carbocycles. The van der Waals surface area contributed by atoms with Crippen molar-refractivity contribution in [1.82, 2.24) is 24.5 Å². The standard InChI is InChI=1S/C9H14N6S/c1-3-7-6(4-14(2)13-7)5-15-8(10)11-12-9(15)16/h4H,3,5H2,1-2H3,(H2,10,11)(H,12,16). The van der Waals surface area contributed by atoms with Crippen LogP contribution >= 0.6 is 12.2 Å². The fourth-order valence-electron chi connectivity index (χ4n) is 1.67. The molecular weight excluding hydrogens is 224 g/mol. The average Bonchev–Trinajstić information content (AvgIpc) is 2.75. The van der Waals surface area contributed by atoms with Crippen LogP contribution in [0.1, 0.15) is 18.2 Å². The summed E-state index contributed by atoms with van der Waals surface area (Å²) in [5.41, 5.74) is 7.89. The van der Waals surface area contributed by atoms with Crippen molar-refractivity contribution in [2.45, 2.75) is 19.9 Å². The van der Waals surface area contributed by atoms with Crippen LogP contribution in [0.15, 0.2) is 6.20 Å². The first-order valence-electron chi connectivity index (χ1n) is 5.04.